The van der Waals surface area contributed by atoms with E-state index in [1.807, 2.05) is 6.92 Å². The molecule has 0 heterocycles. The molecule has 0 bridgehead atoms. The number of hydrogen-bond acceptors (Lipinski definition) is 3. The maximum atomic E-state index is 9.07. The molecule has 84 valence electrons. The fraction of sp³-hybridized carbons (Fsp3) is 1.00. The van der Waals surface area contributed by atoms with Gasteiger partial charge in [-0.1, -0.05) is 6.92 Å². The first-order valence-corrected chi connectivity index (χ1v) is 5.67. The van der Waals surface area contributed by atoms with Crippen LogP contribution in [0, 0.1) is 5.92 Å². The lowest BCUT2D eigenvalue weighted by atomic mass is 9.93. The molecule has 14 heavy (non-hydrogen) atoms. The normalized spacial score (nSPS) is 20.8. The van der Waals surface area contributed by atoms with Crippen molar-refractivity contribution in [3.05, 3.63) is 0 Å². The summed E-state index contributed by atoms with van der Waals surface area (Å²) < 4.78 is 5.50. The Bertz CT molecular complexity index is 153. The predicted molar refractivity (Wildman–Crippen MR) is 57.1 cm³/mol. The van der Waals surface area contributed by atoms with Gasteiger partial charge in [-0.05, 0) is 38.0 Å². The van der Waals surface area contributed by atoms with Gasteiger partial charge in [0.15, 0.2) is 0 Å². The average Bonchev–Trinajstić information content (AvgIpc) is 3.01. The molecular formula is C11H23NO2. The molecule has 1 fully saturated rings. The van der Waals surface area contributed by atoms with Crippen LogP contribution >= 0.6 is 0 Å². The molecule has 1 unspecified atom stereocenters. The van der Waals surface area contributed by atoms with Crippen molar-refractivity contribution in [2.24, 2.45) is 11.7 Å². The van der Waals surface area contributed by atoms with E-state index in [0.29, 0.717) is 0 Å². The first kappa shape index (κ1) is 12.0. The van der Waals surface area contributed by atoms with Gasteiger partial charge in [0.1, 0.15) is 0 Å². The molecule has 3 heteroatoms. The fourth-order valence-corrected chi connectivity index (χ4v) is 1.43. The van der Waals surface area contributed by atoms with Gasteiger partial charge in [-0.3, -0.25) is 0 Å². The van der Waals surface area contributed by atoms with Gasteiger partial charge < -0.3 is 15.6 Å². The molecule has 1 rings (SSSR count). The highest BCUT2D eigenvalue weighted by atomic mass is 16.5. The fourth-order valence-electron chi connectivity index (χ4n) is 1.43. The smallest absolute Gasteiger partial charge is 0.0611 e. The van der Waals surface area contributed by atoms with Crippen molar-refractivity contribution < 1.29 is 9.84 Å². The standard InChI is InChI=1S/C11H23NO2/c1-2-11(12,9-13)6-3-7-14-8-10-4-5-10/h10,13H,2-9,12H2,1H3. The molecule has 1 aliphatic rings. The SMILES string of the molecule is CCC(N)(CO)CCCOCC1CC1. The molecule has 0 aromatic rings. The Morgan fingerprint density at radius 1 is 1.50 bits per heavy atom. The molecular weight excluding hydrogens is 178 g/mol. The second-order valence-corrected chi connectivity index (χ2v) is 4.50. The van der Waals surface area contributed by atoms with Gasteiger partial charge in [0.05, 0.1) is 6.61 Å². The van der Waals surface area contributed by atoms with Crippen molar-refractivity contribution in [3.63, 3.8) is 0 Å². The summed E-state index contributed by atoms with van der Waals surface area (Å²) in [5.41, 5.74) is 5.56. The number of rotatable bonds is 8. The van der Waals surface area contributed by atoms with E-state index in [1.165, 1.54) is 12.8 Å². The van der Waals surface area contributed by atoms with Crippen molar-refractivity contribution >= 4 is 0 Å². The van der Waals surface area contributed by atoms with Crippen LogP contribution in [0.5, 0.6) is 0 Å². The van der Waals surface area contributed by atoms with Crippen LogP contribution in [0.3, 0.4) is 0 Å². The first-order chi connectivity index (χ1) is 6.70. The maximum absolute atomic E-state index is 9.07. The minimum Gasteiger partial charge on any atom is -0.394 e. The van der Waals surface area contributed by atoms with Crippen molar-refractivity contribution in [1.82, 2.24) is 0 Å². The Balaban J connectivity index is 1.95. The van der Waals surface area contributed by atoms with Crippen LogP contribution in [-0.2, 0) is 4.74 Å². The number of nitrogens with two attached hydrogens (primary N) is 1. The van der Waals surface area contributed by atoms with E-state index in [1.54, 1.807) is 0 Å². The Kier molecular flexibility index (Phi) is 4.85. The molecule has 0 aromatic carbocycles. The molecule has 0 amide bonds. The summed E-state index contributed by atoms with van der Waals surface area (Å²) >= 11 is 0. The molecule has 3 nitrogen and oxygen atoms in total. The van der Waals surface area contributed by atoms with Crippen molar-refractivity contribution in [2.75, 3.05) is 19.8 Å². The molecule has 0 saturated heterocycles. The molecule has 3 N–H and O–H groups in total. The highest BCUT2D eigenvalue weighted by Crippen LogP contribution is 2.28. The summed E-state index contributed by atoms with van der Waals surface area (Å²) in [7, 11) is 0. The summed E-state index contributed by atoms with van der Waals surface area (Å²) in [5.74, 6) is 0.835. The van der Waals surface area contributed by atoms with Gasteiger partial charge in [0.25, 0.3) is 0 Å². The van der Waals surface area contributed by atoms with Gasteiger partial charge >= 0.3 is 0 Å². The number of aliphatic hydroxyl groups excluding tert-OH is 1. The van der Waals surface area contributed by atoms with E-state index in [-0.39, 0.29) is 12.1 Å². The number of hydrogen-bond donors (Lipinski definition) is 2. The summed E-state index contributed by atoms with van der Waals surface area (Å²) in [6.45, 7) is 3.80. The van der Waals surface area contributed by atoms with Crippen LogP contribution in [0.15, 0.2) is 0 Å². The van der Waals surface area contributed by atoms with Crippen LogP contribution in [0.1, 0.15) is 39.0 Å². The average molecular weight is 201 g/mol. The Morgan fingerprint density at radius 3 is 2.71 bits per heavy atom. The van der Waals surface area contributed by atoms with E-state index in [2.05, 4.69) is 0 Å². The summed E-state index contributed by atoms with van der Waals surface area (Å²) in [6.07, 6.45) is 5.31. The van der Waals surface area contributed by atoms with Crippen LogP contribution in [0.4, 0.5) is 0 Å². The van der Waals surface area contributed by atoms with E-state index >= 15 is 0 Å². The molecule has 1 saturated carbocycles. The second kappa shape index (κ2) is 5.69. The monoisotopic (exact) mass is 201 g/mol. The Labute approximate surface area is 86.6 Å². The third-order valence-corrected chi connectivity index (χ3v) is 3.03. The zero-order chi connectivity index (χ0) is 10.4. The summed E-state index contributed by atoms with van der Waals surface area (Å²) in [4.78, 5) is 0. The largest absolute Gasteiger partial charge is 0.394 e. The molecule has 0 radical (unpaired) electrons. The van der Waals surface area contributed by atoms with Crippen LogP contribution in [0.2, 0.25) is 0 Å². The Hall–Kier alpha value is -0.120. The number of ether oxygens (including phenoxy) is 1. The van der Waals surface area contributed by atoms with Crippen LogP contribution in [0.25, 0.3) is 0 Å². The molecule has 1 aliphatic carbocycles. The van der Waals surface area contributed by atoms with Gasteiger partial charge in [-0.15, -0.1) is 0 Å². The van der Waals surface area contributed by atoms with Crippen molar-refractivity contribution in [1.29, 1.82) is 0 Å². The minimum absolute atomic E-state index is 0.0755. The molecule has 0 aliphatic heterocycles. The second-order valence-electron chi connectivity index (χ2n) is 4.50. The highest BCUT2D eigenvalue weighted by molar-refractivity contribution is 4.81. The van der Waals surface area contributed by atoms with E-state index < -0.39 is 0 Å². The highest BCUT2D eigenvalue weighted by Gasteiger charge is 2.22. The third-order valence-electron chi connectivity index (χ3n) is 3.03. The van der Waals surface area contributed by atoms with Gasteiger partial charge in [-0.2, -0.15) is 0 Å². The zero-order valence-corrected chi connectivity index (χ0v) is 9.17. The summed E-state index contributed by atoms with van der Waals surface area (Å²) in [5, 5.41) is 9.07. The van der Waals surface area contributed by atoms with Gasteiger partial charge in [-0.25, -0.2) is 0 Å². The van der Waals surface area contributed by atoms with Gasteiger partial charge in [0.2, 0.25) is 0 Å². The van der Waals surface area contributed by atoms with Crippen molar-refractivity contribution in [3.8, 4) is 0 Å². The number of aliphatic hydroxyl groups is 1. The molecule has 0 aromatic heterocycles. The van der Waals surface area contributed by atoms with E-state index in [0.717, 1.165) is 38.4 Å². The van der Waals surface area contributed by atoms with Gasteiger partial charge in [0, 0.05) is 18.8 Å². The quantitative estimate of drug-likeness (QED) is 0.582. The topological polar surface area (TPSA) is 55.5 Å². The van der Waals surface area contributed by atoms with E-state index in [4.69, 9.17) is 15.6 Å². The zero-order valence-electron chi connectivity index (χ0n) is 9.17. The third kappa shape index (κ3) is 4.40. The summed E-state index contributed by atoms with van der Waals surface area (Å²) in [6, 6.07) is 0. The molecule has 0 spiro atoms. The lowest BCUT2D eigenvalue weighted by molar-refractivity contribution is 0.107. The lowest BCUT2D eigenvalue weighted by Crippen LogP contribution is -2.43. The maximum Gasteiger partial charge on any atom is 0.0611 e. The van der Waals surface area contributed by atoms with Crippen LogP contribution in [-0.4, -0.2) is 30.5 Å². The molecule has 1 atom stereocenters. The van der Waals surface area contributed by atoms with Crippen LogP contribution < -0.4 is 5.73 Å². The predicted octanol–water partition coefficient (Wildman–Crippen LogP) is 1.29. The van der Waals surface area contributed by atoms with Crippen molar-refractivity contribution in [2.45, 2.75) is 44.6 Å². The Morgan fingerprint density at radius 2 is 2.21 bits per heavy atom. The van der Waals surface area contributed by atoms with E-state index in [9.17, 15) is 0 Å². The minimum atomic E-state index is -0.386. The lowest BCUT2D eigenvalue weighted by Gasteiger charge is -2.25. The first-order valence-electron chi connectivity index (χ1n) is 5.67.